The Bertz CT molecular complexity index is 1240. The average molecular weight is 475 g/mol. The molecule has 32 heavy (non-hydrogen) atoms. The molecule has 2 aromatic carbocycles. The molecular weight excluding hydrogens is 448 g/mol. The maximum Gasteiger partial charge on any atom is 0.262 e. The number of rotatable bonds is 8. The van der Waals surface area contributed by atoms with E-state index in [1.807, 2.05) is 18.5 Å². The fourth-order valence-corrected chi connectivity index (χ4v) is 4.73. The third kappa shape index (κ3) is 5.69. The Morgan fingerprint density at radius 2 is 1.84 bits per heavy atom. The molecule has 1 aromatic heterocycles. The number of carbonyl (C=O) groups excluding carboxylic acids is 1. The smallest absolute Gasteiger partial charge is 0.262 e. The number of aromatic nitrogens is 2. The molecule has 0 aliphatic rings. The maximum atomic E-state index is 12.8. The molecule has 170 valence electrons. The topological polar surface area (TPSA) is 93.1 Å². The highest BCUT2D eigenvalue weighted by molar-refractivity contribution is 7.92. The van der Waals surface area contributed by atoms with Gasteiger partial charge >= 0.3 is 0 Å². The van der Waals surface area contributed by atoms with Gasteiger partial charge in [-0.2, -0.15) is 5.10 Å². The van der Waals surface area contributed by atoms with E-state index >= 15 is 0 Å². The Kier molecular flexibility index (Phi) is 7.26. The Balaban J connectivity index is 1.74. The van der Waals surface area contributed by atoms with Crippen LogP contribution in [0.4, 0.5) is 11.4 Å². The van der Waals surface area contributed by atoms with Gasteiger partial charge in [0.1, 0.15) is 0 Å². The van der Waals surface area contributed by atoms with Crippen molar-refractivity contribution in [2.24, 2.45) is 5.92 Å². The first-order valence-electron chi connectivity index (χ1n) is 10.3. The Labute approximate surface area is 193 Å². The van der Waals surface area contributed by atoms with Crippen LogP contribution in [0.5, 0.6) is 0 Å². The van der Waals surface area contributed by atoms with Crippen molar-refractivity contribution in [2.75, 3.05) is 10.0 Å². The number of nitrogens with zero attached hydrogens (tertiary/aromatic N) is 2. The number of hydrogen-bond donors (Lipinski definition) is 2. The van der Waals surface area contributed by atoms with Crippen LogP contribution in [0, 0.1) is 19.8 Å². The fourth-order valence-electron chi connectivity index (χ4n) is 3.37. The van der Waals surface area contributed by atoms with E-state index < -0.39 is 10.0 Å². The summed E-state index contributed by atoms with van der Waals surface area (Å²) in [5.74, 6) is 0.202. The van der Waals surface area contributed by atoms with Crippen LogP contribution in [0.15, 0.2) is 53.4 Å². The maximum absolute atomic E-state index is 12.8. The first-order chi connectivity index (χ1) is 15.1. The normalized spacial score (nSPS) is 11.6. The first kappa shape index (κ1) is 23.8. The van der Waals surface area contributed by atoms with E-state index in [4.69, 9.17) is 11.6 Å². The third-order valence-corrected chi connectivity index (χ3v) is 6.65. The van der Waals surface area contributed by atoms with Crippen LogP contribution >= 0.6 is 11.6 Å². The zero-order valence-corrected chi connectivity index (χ0v) is 20.1. The molecule has 0 unspecified atom stereocenters. The number of hydrogen-bond acceptors (Lipinski definition) is 4. The Morgan fingerprint density at radius 1 is 1.12 bits per heavy atom. The number of anilines is 2. The van der Waals surface area contributed by atoms with Crippen LogP contribution in [0.25, 0.3) is 0 Å². The molecule has 7 nitrogen and oxygen atoms in total. The minimum atomic E-state index is -3.87. The monoisotopic (exact) mass is 474 g/mol. The SMILES string of the molecule is Cc1nn(CC(C)C)c(C)c1CC(=O)Nc1cccc(S(=O)(=O)Nc2ccccc2Cl)c1. The van der Waals surface area contributed by atoms with Crippen molar-refractivity contribution in [2.45, 2.75) is 45.6 Å². The van der Waals surface area contributed by atoms with Crippen molar-refractivity contribution in [3.63, 3.8) is 0 Å². The molecule has 2 N–H and O–H groups in total. The van der Waals surface area contributed by atoms with Gasteiger partial charge in [0, 0.05) is 23.5 Å². The highest BCUT2D eigenvalue weighted by Crippen LogP contribution is 2.25. The molecule has 0 spiro atoms. The molecule has 0 bridgehead atoms. The molecule has 0 saturated carbocycles. The number of aryl methyl sites for hydroxylation is 1. The molecule has 0 atom stereocenters. The van der Waals surface area contributed by atoms with E-state index in [0.717, 1.165) is 23.5 Å². The number of amides is 1. The summed E-state index contributed by atoms with van der Waals surface area (Å²) in [6.07, 6.45) is 0.157. The summed E-state index contributed by atoms with van der Waals surface area (Å²) in [4.78, 5) is 12.7. The van der Waals surface area contributed by atoms with Crippen LogP contribution in [-0.2, 0) is 27.8 Å². The lowest BCUT2D eigenvalue weighted by Gasteiger charge is -2.11. The van der Waals surface area contributed by atoms with Crippen LogP contribution in [0.2, 0.25) is 5.02 Å². The highest BCUT2D eigenvalue weighted by atomic mass is 35.5. The fraction of sp³-hybridized carbons (Fsp3) is 0.304. The van der Waals surface area contributed by atoms with Crippen molar-refractivity contribution >= 4 is 38.9 Å². The molecule has 3 aromatic rings. The van der Waals surface area contributed by atoms with Gasteiger partial charge in [-0.05, 0) is 50.1 Å². The van der Waals surface area contributed by atoms with Gasteiger partial charge < -0.3 is 5.32 Å². The third-order valence-electron chi connectivity index (χ3n) is 4.95. The first-order valence-corrected chi connectivity index (χ1v) is 12.1. The van der Waals surface area contributed by atoms with E-state index in [-0.39, 0.29) is 22.9 Å². The number of sulfonamides is 1. The minimum absolute atomic E-state index is 0.0207. The zero-order chi connectivity index (χ0) is 23.5. The van der Waals surface area contributed by atoms with Gasteiger partial charge in [-0.1, -0.05) is 43.6 Å². The average Bonchev–Trinajstić information content (AvgIpc) is 2.96. The number of halogens is 1. The van der Waals surface area contributed by atoms with E-state index in [1.165, 1.54) is 12.1 Å². The number of para-hydroxylation sites is 1. The van der Waals surface area contributed by atoms with Crippen molar-refractivity contribution in [1.82, 2.24) is 9.78 Å². The van der Waals surface area contributed by atoms with Crippen LogP contribution in [0.1, 0.15) is 30.8 Å². The van der Waals surface area contributed by atoms with Gasteiger partial charge in [-0.15, -0.1) is 0 Å². The lowest BCUT2D eigenvalue weighted by molar-refractivity contribution is -0.115. The Hall–Kier alpha value is -2.84. The van der Waals surface area contributed by atoms with Gasteiger partial charge in [-0.25, -0.2) is 8.42 Å². The molecule has 0 saturated heterocycles. The molecule has 0 radical (unpaired) electrons. The second-order valence-electron chi connectivity index (χ2n) is 8.06. The van der Waals surface area contributed by atoms with Crippen molar-refractivity contribution in [3.8, 4) is 0 Å². The summed E-state index contributed by atoms with van der Waals surface area (Å²) in [5, 5.41) is 7.63. The molecule has 0 aliphatic heterocycles. The summed E-state index contributed by atoms with van der Waals surface area (Å²) in [7, 11) is -3.87. The van der Waals surface area contributed by atoms with E-state index in [9.17, 15) is 13.2 Å². The second-order valence-corrected chi connectivity index (χ2v) is 10.2. The van der Waals surface area contributed by atoms with Crippen LogP contribution in [-0.4, -0.2) is 24.1 Å². The van der Waals surface area contributed by atoms with E-state index in [0.29, 0.717) is 16.6 Å². The zero-order valence-electron chi connectivity index (χ0n) is 18.5. The molecule has 3 rings (SSSR count). The molecule has 0 fully saturated rings. The molecular formula is C23H27ClN4O3S. The molecule has 0 aliphatic carbocycles. The van der Waals surface area contributed by atoms with Crippen molar-refractivity contribution < 1.29 is 13.2 Å². The van der Waals surface area contributed by atoms with E-state index in [2.05, 4.69) is 29.0 Å². The van der Waals surface area contributed by atoms with Gasteiger partial charge in [0.2, 0.25) is 5.91 Å². The number of benzene rings is 2. The number of nitrogens with one attached hydrogen (secondary N) is 2. The molecule has 1 amide bonds. The van der Waals surface area contributed by atoms with Crippen molar-refractivity contribution in [1.29, 1.82) is 0 Å². The van der Waals surface area contributed by atoms with Gasteiger partial charge in [0.15, 0.2) is 0 Å². The lowest BCUT2D eigenvalue weighted by atomic mass is 10.1. The summed E-state index contributed by atoms with van der Waals surface area (Å²) in [6, 6.07) is 12.7. The predicted octanol–water partition coefficient (Wildman–Crippen LogP) is 4.79. The minimum Gasteiger partial charge on any atom is -0.326 e. The largest absolute Gasteiger partial charge is 0.326 e. The molecule has 9 heteroatoms. The lowest BCUT2D eigenvalue weighted by Crippen LogP contribution is -2.17. The predicted molar refractivity (Wildman–Crippen MR) is 128 cm³/mol. The molecule has 1 heterocycles. The Morgan fingerprint density at radius 3 is 2.53 bits per heavy atom. The van der Waals surface area contributed by atoms with Crippen LogP contribution in [0.3, 0.4) is 0 Å². The van der Waals surface area contributed by atoms with Gasteiger partial charge in [0.05, 0.1) is 27.7 Å². The van der Waals surface area contributed by atoms with Crippen LogP contribution < -0.4 is 10.0 Å². The van der Waals surface area contributed by atoms with Crippen molar-refractivity contribution in [3.05, 3.63) is 70.5 Å². The van der Waals surface area contributed by atoms with Gasteiger partial charge in [0.25, 0.3) is 10.0 Å². The second kappa shape index (κ2) is 9.75. The summed E-state index contributed by atoms with van der Waals surface area (Å²) in [6.45, 7) is 8.86. The van der Waals surface area contributed by atoms with E-state index in [1.54, 1.807) is 36.4 Å². The highest BCUT2D eigenvalue weighted by Gasteiger charge is 2.18. The summed E-state index contributed by atoms with van der Waals surface area (Å²) >= 11 is 6.06. The summed E-state index contributed by atoms with van der Waals surface area (Å²) < 4.78 is 29.9. The quantitative estimate of drug-likeness (QED) is 0.490. The summed E-state index contributed by atoms with van der Waals surface area (Å²) in [5.41, 5.74) is 3.34. The number of carbonyl (C=O) groups is 1. The standard InChI is InChI=1S/C23H27ClN4O3S/c1-15(2)14-28-17(4)20(16(3)26-28)13-23(29)25-18-8-7-9-19(12-18)32(30,31)27-22-11-6-5-10-21(22)24/h5-12,15,27H,13-14H2,1-4H3,(H,25,29). The van der Waals surface area contributed by atoms with Gasteiger partial charge in [-0.3, -0.25) is 14.2 Å².